The first-order valence-corrected chi connectivity index (χ1v) is 11.0. The number of sulfonamides is 1. The fourth-order valence-corrected chi connectivity index (χ4v) is 6.69. The van der Waals surface area contributed by atoms with Gasteiger partial charge in [0.15, 0.2) is 0 Å². The molecule has 24 heavy (non-hydrogen) atoms. The van der Waals surface area contributed by atoms with Gasteiger partial charge in [0.1, 0.15) is 9.77 Å². The third kappa shape index (κ3) is 3.52. The van der Waals surface area contributed by atoms with Crippen LogP contribution in [0, 0.1) is 0 Å². The van der Waals surface area contributed by atoms with E-state index in [1.807, 2.05) is 6.07 Å². The molecule has 2 aromatic rings. The minimum Gasteiger partial charge on any atom is -0.336 e. The zero-order valence-corrected chi connectivity index (χ0v) is 16.3. The fourth-order valence-electron chi connectivity index (χ4n) is 2.64. The van der Waals surface area contributed by atoms with Crippen LogP contribution >= 0.6 is 34.3 Å². The zero-order valence-electron chi connectivity index (χ0n) is 13.1. The highest BCUT2D eigenvalue weighted by molar-refractivity contribution is 7.89. The number of carbonyl (C=O) groups excluding carboxylic acids is 1. The number of hydrogen-bond donors (Lipinski definition) is 0. The van der Waals surface area contributed by atoms with Gasteiger partial charge in [-0.2, -0.15) is 4.31 Å². The highest BCUT2D eigenvalue weighted by Crippen LogP contribution is 2.29. The Morgan fingerprint density at radius 2 is 2.00 bits per heavy atom. The third-order valence-electron chi connectivity index (χ3n) is 3.87. The highest BCUT2D eigenvalue weighted by atomic mass is 35.5. The van der Waals surface area contributed by atoms with Crippen molar-refractivity contribution >= 4 is 50.2 Å². The number of hydrogen-bond acceptors (Lipinski definition) is 5. The van der Waals surface area contributed by atoms with Crippen LogP contribution < -0.4 is 0 Å². The van der Waals surface area contributed by atoms with E-state index < -0.39 is 10.0 Å². The van der Waals surface area contributed by atoms with Crippen molar-refractivity contribution in [1.82, 2.24) is 9.21 Å². The molecule has 5 nitrogen and oxygen atoms in total. The lowest BCUT2D eigenvalue weighted by atomic mass is 10.3. The molecule has 0 atom stereocenters. The lowest BCUT2D eigenvalue weighted by molar-refractivity contribution is 0.0787. The molecule has 1 aliphatic heterocycles. The number of amides is 1. The molecule has 0 spiro atoms. The molecule has 1 aliphatic rings. The third-order valence-corrected chi connectivity index (χ3v) is 8.06. The van der Waals surface area contributed by atoms with Gasteiger partial charge in [-0.25, -0.2) is 8.42 Å². The largest absolute Gasteiger partial charge is 0.336 e. The number of halogens is 1. The van der Waals surface area contributed by atoms with E-state index in [0.717, 1.165) is 17.7 Å². The highest BCUT2D eigenvalue weighted by Gasteiger charge is 2.32. The van der Waals surface area contributed by atoms with Crippen LogP contribution in [-0.4, -0.2) is 43.7 Å². The Balaban J connectivity index is 1.82. The molecule has 0 bridgehead atoms. The molecule has 0 aromatic carbocycles. The Labute approximate surface area is 154 Å². The molecule has 0 N–H and O–H groups in total. The van der Waals surface area contributed by atoms with Gasteiger partial charge in [0.05, 0.1) is 10.9 Å². The summed E-state index contributed by atoms with van der Waals surface area (Å²) in [5, 5.41) is 1.66. The summed E-state index contributed by atoms with van der Waals surface area (Å²) in [6.07, 6.45) is 1.73. The molecule has 0 unspecified atom stereocenters. The van der Waals surface area contributed by atoms with Crippen LogP contribution in [0.1, 0.15) is 27.4 Å². The second-order valence-electron chi connectivity index (χ2n) is 5.59. The molecule has 1 saturated heterocycles. The van der Waals surface area contributed by atoms with Crippen molar-refractivity contribution in [2.75, 3.05) is 20.1 Å². The lowest BCUT2D eigenvalue weighted by Gasteiger charge is -2.19. The maximum Gasteiger partial charge on any atom is 0.265 e. The summed E-state index contributed by atoms with van der Waals surface area (Å²) >= 11 is 8.49. The van der Waals surface area contributed by atoms with Gasteiger partial charge in [0, 0.05) is 25.0 Å². The summed E-state index contributed by atoms with van der Waals surface area (Å²) in [6, 6.07) is 5.18. The topological polar surface area (TPSA) is 57.7 Å². The van der Waals surface area contributed by atoms with E-state index in [1.54, 1.807) is 18.5 Å². The number of thiophene rings is 2. The first-order valence-electron chi connectivity index (χ1n) is 7.47. The van der Waals surface area contributed by atoms with Crippen molar-refractivity contribution in [3.05, 3.63) is 37.7 Å². The lowest BCUT2D eigenvalue weighted by Crippen LogP contribution is -2.31. The van der Waals surface area contributed by atoms with E-state index >= 15 is 0 Å². The van der Waals surface area contributed by atoms with Gasteiger partial charge in [0.25, 0.3) is 5.91 Å². The van der Waals surface area contributed by atoms with E-state index in [4.69, 9.17) is 11.6 Å². The Hall–Kier alpha value is -0.930. The van der Waals surface area contributed by atoms with Gasteiger partial charge in [-0.15, -0.1) is 22.7 Å². The van der Waals surface area contributed by atoms with Gasteiger partial charge >= 0.3 is 0 Å². The summed E-state index contributed by atoms with van der Waals surface area (Å²) < 4.78 is 27.6. The fraction of sp³-hybridized carbons (Fsp3) is 0.400. The molecular weight excluding hydrogens is 388 g/mol. The Bertz CT molecular complexity index is 838. The predicted molar refractivity (Wildman–Crippen MR) is 97.4 cm³/mol. The van der Waals surface area contributed by atoms with Gasteiger partial charge in [0.2, 0.25) is 10.0 Å². The number of rotatable bonds is 5. The molecule has 0 aliphatic carbocycles. The minimum atomic E-state index is -3.60. The molecule has 2 aromatic heterocycles. The normalized spacial score (nSPS) is 15.8. The Kier molecular flexibility index (Phi) is 5.31. The molecule has 0 saturated carbocycles. The molecule has 9 heteroatoms. The average molecular weight is 405 g/mol. The van der Waals surface area contributed by atoms with Gasteiger partial charge in [-0.05, 0) is 36.4 Å². The van der Waals surface area contributed by atoms with Crippen molar-refractivity contribution in [3.63, 3.8) is 0 Å². The monoisotopic (exact) mass is 404 g/mol. The van der Waals surface area contributed by atoms with Crippen molar-refractivity contribution in [3.8, 4) is 0 Å². The van der Waals surface area contributed by atoms with Gasteiger partial charge in [-0.3, -0.25) is 4.79 Å². The first-order chi connectivity index (χ1) is 11.4. The zero-order chi connectivity index (χ0) is 17.3. The standard InChI is InChI=1S/C15H17ClN2O3S3/c1-17(10-11-4-5-13(16)23-11)15(19)14-12(6-9-22-14)24(20,21)18-7-2-3-8-18/h4-6,9H,2-3,7-8,10H2,1H3. The van der Waals surface area contributed by atoms with Gasteiger partial charge < -0.3 is 4.90 Å². The van der Waals surface area contributed by atoms with Crippen LogP contribution in [0.3, 0.4) is 0 Å². The molecule has 3 heterocycles. The smallest absolute Gasteiger partial charge is 0.265 e. The minimum absolute atomic E-state index is 0.121. The van der Waals surface area contributed by atoms with E-state index in [9.17, 15) is 13.2 Å². The van der Waals surface area contributed by atoms with Crippen LogP contribution in [0.5, 0.6) is 0 Å². The molecule has 1 amide bonds. The number of nitrogens with zero attached hydrogens (tertiary/aromatic N) is 2. The van der Waals surface area contributed by atoms with E-state index in [1.165, 1.54) is 37.9 Å². The summed E-state index contributed by atoms with van der Waals surface area (Å²) in [4.78, 5) is 15.6. The second kappa shape index (κ2) is 7.13. The maximum absolute atomic E-state index is 12.8. The predicted octanol–water partition coefficient (Wildman–Crippen LogP) is 3.52. The Morgan fingerprint density at radius 3 is 2.62 bits per heavy atom. The SMILES string of the molecule is CN(Cc1ccc(Cl)s1)C(=O)c1sccc1S(=O)(=O)N1CCCC1. The van der Waals surface area contributed by atoms with E-state index in [-0.39, 0.29) is 15.7 Å². The summed E-state index contributed by atoms with van der Waals surface area (Å²) in [5.74, 6) is -0.285. The van der Waals surface area contributed by atoms with Crippen LogP contribution in [0.4, 0.5) is 0 Å². The molecule has 3 rings (SSSR count). The van der Waals surface area contributed by atoms with E-state index in [2.05, 4.69) is 0 Å². The van der Waals surface area contributed by atoms with E-state index in [0.29, 0.717) is 24.0 Å². The van der Waals surface area contributed by atoms with Crippen LogP contribution in [0.15, 0.2) is 28.5 Å². The molecule has 1 fully saturated rings. The summed E-state index contributed by atoms with van der Waals surface area (Å²) in [5.41, 5.74) is 0. The van der Waals surface area contributed by atoms with Crippen molar-refractivity contribution in [2.24, 2.45) is 0 Å². The van der Waals surface area contributed by atoms with Crippen molar-refractivity contribution < 1.29 is 13.2 Å². The molecule has 0 radical (unpaired) electrons. The van der Waals surface area contributed by atoms with Crippen molar-refractivity contribution in [2.45, 2.75) is 24.3 Å². The quantitative estimate of drug-likeness (QED) is 0.766. The second-order valence-corrected chi connectivity index (χ2v) is 10.2. The molecule has 130 valence electrons. The number of carbonyl (C=O) groups is 1. The average Bonchev–Trinajstić information content (AvgIpc) is 3.28. The maximum atomic E-state index is 12.8. The summed E-state index contributed by atoms with van der Waals surface area (Å²) in [6.45, 7) is 1.45. The molecular formula is C15H17ClN2O3S3. The van der Waals surface area contributed by atoms with Crippen LogP contribution in [-0.2, 0) is 16.6 Å². The summed E-state index contributed by atoms with van der Waals surface area (Å²) in [7, 11) is -1.93. The van der Waals surface area contributed by atoms with Crippen LogP contribution in [0.2, 0.25) is 4.34 Å². The Morgan fingerprint density at radius 1 is 1.29 bits per heavy atom. The van der Waals surface area contributed by atoms with Crippen molar-refractivity contribution in [1.29, 1.82) is 0 Å². The van der Waals surface area contributed by atoms with Gasteiger partial charge in [-0.1, -0.05) is 11.6 Å². The van der Waals surface area contributed by atoms with Crippen LogP contribution in [0.25, 0.3) is 0 Å². The first kappa shape index (κ1) is 17.9.